The van der Waals surface area contributed by atoms with Gasteiger partial charge in [0.25, 0.3) is 0 Å². The van der Waals surface area contributed by atoms with Gasteiger partial charge in [-0.1, -0.05) is 19.8 Å². The Morgan fingerprint density at radius 2 is 1.77 bits per heavy atom. The van der Waals surface area contributed by atoms with Crippen LogP contribution in [0.1, 0.15) is 45.4 Å². The largest absolute Gasteiger partial charge is 0.383 e. The van der Waals surface area contributed by atoms with E-state index in [9.17, 15) is 4.79 Å². The molecule has 126 valence electrons. The van der Waals surface area contributed by atoms with E-state index in [-0.39, 0.29) is 5.92 Å². The summed E-state index contributed by atoms with van der Waals surface area (Å²) in [5.41, 5.74) is 0.501. The Balaban J connectivity index is 1.41. The normalized spacial score (nSPS) is 27.1. The highest BCUT2D eigenvalue weighted by molar-refractivity contribution is 5.80. The van der Waals surface area contributed by atoms with Gasteiger partial charge in [-0.25, -0.2) is 0 Å². The third-order valence-electron chi connectivity index (χ3n) is 6.25. The number of hydrogen-bond acceptors (Lipinski definition) is 3. The predicted molar refractivity (Wildman–Crippen MR) is 87.7 cm³/mol. The number of ether oxygens (including phenoxy) is 1. The number of piperidine rings is 1. The smallest absolute Gasteiger partial charge is 0.225 e. The summed E-state index contributed by atoms with van der Waals surface area (Å²) in [6, 6.07) is 0. The fourth-order valence-corrected chi connectivity index (χ4v) is 4.49. The second kappa shape index (κ2) is 6.88. The maximum Gasteiger partial charge on any atom is 0.225 e. The van der Waals surface area contributed by atoms with E-state index in [4.69, 9.17) is 4.74 Å². The average molecular weight is 308 g/mol. The molecule has 4 heteroatoms. The van der Waals surface area contributed by atoms with Gasteiger partial charge >= 0.3 is 0 Å². The molecule has 2 saturated heterocycles. The van der Waals surface area contributed by atoms with E-state index in [0.717, 1.165) is 58.1 Å². The van der Waals surface area contributed by atoms with Crippen LogP contribution in [0.5, 0.6) is 0 Å². The lowest BCUT2D eigenvalue weighted by Gasteiger charge is -2.54. The zero-order chi connectivity index (χ0) is 15.6. The quantitative estimate of drug-likeness (QED) is 0.799. The van der Waals surface area contributed by atoms with E-state index >= 15 is 0 Å². The van der Waals surface area contributed by atoms with Crippen molar-refractivity contribution in [2.75, 3.05) is 46.4 Å². The minimum absolute atomic E-state index is 0.277. The first-order valence-electron chi connectivity index (χ1n) is 9.12. The van der Waals surface area contributed by atoms with Gasteiger partial charge in [0.05, 0.1) is 6.61 Å². The van der Waals surface area contributed by atoms with Gasteiger partial charge in [0.15, 0.2) is 0 Å². The summed E-state index contributed by atoms with van der Waals surface area (Å²) in [6.07, 6.45) is 7.47. The molecule has 0 N–H and O–H groups in total. The van der Waals surface area contributed by atoms with Gasteiger partial charge < -0.3 is 14.5 Å². The molecule has 0 atom stereocenters. The van der Waals surface area contributed by atoms with Crippen molar-refractivity contribution >= 4 is 5.91 Å². The van der Waals surface area contributed by atoms with Crippen LogP contribution in [0.25, 0.3) is 0 Å². The zero-order valence-corrected chi connectivity index (χ0v) is 14.4. The molecule has 3 aliphatic rings. The van der Waals surface area contributed by atoms with Crippen molar-refractivity contribution in [1.82, 2.24) is 9.80 Å². The molecule has 0 bridgehead atoms. The topological polar surface area (TPSA) is 32.8 Å². The third kappa shape index (κ3) is 3.48. The van der Waals surface area contributed by atoms with Gasteiger partial charge in [0.1, 0.15) is 0 Å². The highest BCUT2D eigenvalue weighted by Gasteiger charge is 2.47. The number of carbonyl (C=O) groups is 1. The summed E-state index contributed by atoms with van der Waals surface area (Å²) in [5.74, 6) is 1.61. The van der Waals surface area contributed by atoms with Crippen LogP contribution in [0.15, 0.2) is 0 Å². The molecule has 1 saturated carbocycles. The predicted octanol–water partition coefficient (Wildman–Crippen LogP) is 2.38. The number of likely N-dealkylation sites (tertiary alicyclic amines) is 2. The molecule has 2 aliphatic heterocycles. The molecule has 0 aromatic carbocycles. The van der Waals surface area contributed by atoms with E-state index in [1.54, 1.807) is 7.11 Å². The maximum atomic E-state index is 12.7. The lowest BCUT2D eigenvalue weighted by Crippen LogP contribution is -2.61. The fourth-order valence-electron chi connectivity index (χ4n) is 4.49. The van der Waals surface area contributed by atoms with Gasteiger partial charge in [0, 0.05) is 38.1 Å². The SMILES string of the molecule is COCCN1CCC(C(=O)N2CC3(CCC(C)CC3)C2)CC1. The minimum atomic E-state index is 0.277. The Bertz CT molecular complexity index is 375. The van der Waals surface area contributed by atoms with Gasteiger partial charge in [-0.3, -0.25) is 4.79 Å². The molecule has 1 amide bonds. The van der Waals surface area contributed by atoms with Crippen LogP contribution in [-0.4, -0.2) is 62.1 Å². The number of nitrogens with zero attached hydrogens (tertiary/aromatic N) is 2. The highest BCUT2D eigenvalue weighted by Crippen LogP contribution is 2.46. The molecule has 3 rings (SSSR count). The molecule has 22 heavy (non-hydrogen) atoms. The summed E-state index contributed by atoms with van der Waals surface area (Å²) < 4.78 is 5.14. The van der Waals surface area contributed by atoms with Gasteiger partial charge in [-0.15, -0.1) is 0 Å². The Morgan fingerprint density at radius 3 is 2.36 bits per heavy atom. The molecule has 0 unspecified atom stereocenters. The zero-order valence-electron chi connectivity index (χ0n) is 14.4. The molecule has 0 aromatic heterocycles. The molecule has 1 aliphatic carbocycles. The lowest BCUT2D eigenvalue weighted by molar-refractivity contribution is -0.152. The third-order valence-corrected chi connectivity index (χ3v) is 6.25. The standard InChI is InChI=1S/C18H32N2O2/c1-15-3-7-18(8-4-15)13-20(14-18)17(21)16-5-9-19(10-6-16)11-12-22-2/h15-16H,3-14H2,1-2H3. The average Bonchev–Trinajstić information content (AvgIpc) is 2.52. The van der Waals surface area contributed by atoms with Crippen molar-refractivity contribution in [3.63, 3.8) is 0 Å². The Hall–Kier alpha value is -0.610. The summed E-state index contributed by atoms with van der Waals surface area (Å²) in [6.45, 7) is 8.36. The first-order valence-corrected chi connectivity index (χ1v) is 9.12. The summed E-state index contributed by atoms with van der Waals surface area (Å²) in [7, 11) is 1.75. The molecular formula is C18H32N2O2. The van der Waals surface area contributed by atoms with E-state index in [0.29, 0.717) is 11.3 Å². The second-order valence-electron chi connectivity index (χ2n) is 7.99. The Labute approximate surface area is 135 Å². The van der Waals surface area contributed by atoms with Gasteiger partial charge in [-0.2, -0.15) is 0 Å². The van der Waals surface area contributed by atoms with Crippen LogP contribution in [0.3, 0.4) is 0 Å². The minimum Gasteiger partial charge on any atom is -0.383 e. The maximum absolute atomic E-state index is 12.7. The van der Waals surface area contributed by atoms with Crippen molar-refractivity contribution in [1.29, 1.82) is 0 Å². The number of amides is 1. The summed E-state index contributed by atoms with van der Waals surface area (Å²) >= 11 is 0. The first kappa shape index (κ1) is 16.3. The van der Waals surface area contributed by atoms with Crippen molar-refractivity contribution in [2.45, 2.75) is 45.4 Å². The van der Waals surface area contributed by atoms with Crippen molar-refractivity contribution < 1.29 is 9.53 Å². The molecular weight excluding hydrogens is 276 g/mol. The Kier molecular flexibility index (Phi) is 5.08. The van der Waals surface area contributed by atoms with Crippen molar-refractivity contribution in [3.8, 4) is 0 Å². The number of carbonyl (C=O) groups excluding carboxylic acids is 1. The lowest BCUT2D eigenvalue weighted by atomic mass is 9.66. The van der Waals surface area contributed by atoms with Crippen molar-refractivity contribution in [2.24, 2.45) is 17.3 Å². The summed E-state index contributed by atoms with van der Waals surface area (Å²) in [5, 5.41) is 0. The van der Waals surface area contributed by atoms with Gasteiger partial charge in [0.2, 0.25) is 5.91 Å². The highest BCUT2D eigenvalue weighted by atomic mass is 16.5. The van der Waals surface area contributed by atoms with E-state index in [1.807, 2.05) is 0 Å². The number of hydrogen-bond donors (Lipinski definition) is 0. The monoisotopic (exact) mass is 308 g/mol. The van der Waals surface area contributed by atoms with Crippen molar-refractivity contribution in [3.05, 3.63) is 0 Å². The first-order chi connectivity index (χ1) is 10.6. The van der Waals surface area contributed by atoms with E-state index in [1.165, 1.54) is 25.7 Å². The molecule has 1 spiro atoms. The van der Waals surface area contributed by atoms with Crippen LogP contribution in [0.2, 0.25) is 0 Å². The molecule has 4 nitrogen and oxygen atoms in total. The van der Waals surface area contributed by atoms with E-state index < -0.39 is 0 Å². The molecule has 3 fully saturated rings. The number of methoxy groups -OCH3 is 1. The van der Waals surface area contributed by atoms with Gasteiger partial charge in [-0.05, 0) is 44.7 Å². The van der Waals surface area contributed by atoms with Crippen LogP contribution < -0.4 is 0 Å². The second-order valence-corrected chi connectivity index (χ2v) is 7.99. The molecule has 2 heterocycles. The van der Waals surface area contributed by atoms with Crippen LogP contribution in [-0.2, 0) is 9.53 Å². The Morgan fingerprint density at radius 1 is 1.14 bits per heavy atom. The molecule has 0 aromatic rings. The van der Waals surface area contributed by atoms with E-state index in [2.05, 4.69) is 16.7 Å². The summed E-state index contributed by atoms with van der Waals surface area (Å²) in [4.78, 5) is 17.3. The fraction of sp³-hybridized carbons (Fsp3) is 0.944. The van der Waals surface area contributed by atoms with Crippen LogP contribution in [0, 0.1) is 17.3 Å². The number of rotatable bonds is 4. The molecule has 0 radical (unpaired) electrons. The van der Waals surface area contributed by atoms with Crippen LogP contribution >= 0.6 is 0 Å². The van der Waals surface area contributed by atoms with Crippen LogP contribution in [0.4, 0.5) is 0 Å².